The molecular formula is C13H17N3O4. The molecule has 2 atom stereocenters. The largest absolute Gasteiger partial charge is 0.481 e. The minimum absolute atomic E-state index is 0.133. The summed E-state index contributed by atoms with van der Waals surface area (Å²) in [4.78, 5) is 26.8. The van der Waals surface area contributed by atoms with Crippen molar-refractivity contribution in [2.45, 2.75) is 19.9 Å². The van der Waals surface area contributed by atoms with E-state index in [1.807, 2.05) is 0 Å². The number of nitrogens with two attached hydrogens (primary N) is 1. The molecule has 2 heterocycles. The molecule has 20 heavy (non-hydrogen) atoms. The van der Waals surface area contributed by atoms with Crippen LogP contribution in [0.25, 0.3) is 0 Å². The molecule has 1 fully saturated rings. The van der Waals surface area contributed by atoms with E-state index >= 15 is 0 Å². The molecule has 1 aliphatic rings. The number of aromatic nitrogens is 1. The molecule has 7 heteroatoms. The van der Waals surface area contributed by atoms with Gasteiger partial charge in [-0.2, -0.15) is 0 Å². The van der Waals surface area contributed by atoms with E-state index in [9.17, 15) is 14.7 Å². The SMILES string of the molecule is Cc1cc(C(N)=O)cc(NC2COCC2(C)C(=O)O)n1. The number of aryl methyl sites for hydroxylation is 1. The van der Waals surface area contributed by atoms with Crippen molar-refractivity contribution < 1.29 is 19.4 Å². The number of nitrogens with one attached hydrogen (secondary N) is 1. The molecule has 108 valence electrons. The van der Waals surface area contributed by atoms with Gasteiger partial charge in [-0.25, -0.2) is 4.98 Å². The highest BCUT2D eigenvalue weighted by Gasteiger charge is 2.46. The summed E-state index contributed by atoms with van der Waals surface area (Å²) in [7, 11) is 0. The highest BCUT2D eigenvalue weighted by molar-refractivity contribution is 5.93. The van der Waals surface area contributed by atoms with Gasteiger partial charge in [-0.1, -0.05) is 0 Å². The predicted octanol–water partition coefficient (Wildman–Crippen LogP) is 0.391. The maximum absolute atomic E-state index is 11.4. The van der Waals surface area contributed by atoms with E-state index in [0.29, 0.717) is 17.1 Å². The van der Waals surface area contributed by atoms with Crippen LogP contribution < -0.4 is 11.1 Å². The number of carbonyl (C=O) groups excluding carboxylic acids is 1. The molecule has 2 rings (SSSR count). The molecule has 0 saturated carbocycles. The summed E-state index contributed by atoms with van der Waals surface area (Å²) in [5, 5.41) is 12.3. The van der Waals surface area contributed by atoms with Gasteiger partial charge in [-0.15, -0.1) is 0 Å². The molecule has 1 saturated heterocycles. The maximum Gasteiger partial charge on any atom is 0.313 e. The summed E-state index contributed by atoms with van der Waals surface area (Å²) in [6.07, 6.45) is 0. The van der Waals surface area contributed by atoms with Gasteiger partial charge in [0.05, 0.1) is 19.3 Å². The van der Waals surface area contributed by atoms with E-state index in [1.165, 1.54) is 6.07 Å². The molecule has 2 unspecified atom stereocenters. The number of anilines is 1. The van der Waals surface area contributed by atoms with Crippen molar-refractivity contribution in [2.75, 3.05) is 18.5 Å². The number of nitrogens with zero attached hydrogens (tertiary/aromatic N) is 1. The zero-order valence-electron chi connectivity index (χ0n) is 11.3. The molecule has 1 aromatic rings. The Hall–Kier alpha value is -2.15. The quantitative estimate of drug-likeness (QED) is 0.734. The summed E-state index contributed by atoms with van der Waals surface area (Å²) in [6, 6.07) is 2.67. The Morgan fingerprint density at radius 1 is 1.55 bits per heavy atom. The Morgan fingerprint density at radius 3 is 2.85 bits per heavy atom. The Balaban J connectivity index is 2.26. The van der Waals surface area contributed by atoms with Gasteiger partial charge in [0.2, 0.25) is 5.91 Å². The predicted molar refractivity (Wildman–Crippen MR) is 71.5 cm³/mol. The smallest absolute Gasteiger partial charge is 0.313 e. The first-order chi connectivity index (χ1) is 9.33. The maximum atomic E-state index is 11.4. The normalized spacial score (nSPS) is 25.4. The minimum atomic E-state index is -1.03. The van der Waals surface area contributed by atoms with Crippen LogP contribution in [0.15, 0.2) is 12.1 Å². The number of pyridine rings is 1. The highest BCUT2D eigenvalue weighted by Crippen LogP contribution is 2.31. The second-order valence-corrected chi connectivity index (χ2v) is 5.18. The van der Waals surface area contributed by atoms with Gasteiger partial charge in [0.1, 0.15) is 11.2 Å². The van der Waals surface area contributed by atoms with Gasteiger partial charge >= 0.3 is 5.97 Å². The van der Waals surface area contributed by atoms with Gasteiger partial charge in [-0.05, 0) is 26.0 Å². The van der Waals surface area contributed by atoms with Gasteiger partial charge in [0.15, 0.2) is 0 Å². The van der Waals surface area contributed by atoms with Gasteiger partial charge < -0.3 is 20.9 Å². The fourth-order valence-corrected chi connectivity index (χ4v) is 2.15. The lowest BCUT2D eigenvalue weighted by Gasteiger charge is -2.26. The Morgan fingerprint density at radius 2 is 2.25 bits per heavy atom. The second kappa shape index (κ2) is 5.09. The van der Waals surface area contributed by atoms with Crippen LogP contribution in [0.2, 0.25) is 0 Å². The molecule has 0 bridgehead atoms. The average molecular weight is 279 g/mol. The van der Waals surface area contributed by atoms with E-state index in [4.69, 9.17) is 10.5 Å². The monoisotopic (exact) mass is 279 g/mol. The number of ether oxygens (including phenoxy) is 1. The highest BCUT2D eigenvalue weighted by atomic mass is 16.5. The van der Waals surface area contributed by atoms with Crippen molar-refractivity contribution >= 4 is 17.7 Å². The summed E-state index contributed by atoms with van der Waals surface area (Å²) in [5.41, 5.74) is 5.17. The zero-order chi connectivity index (χ0) is 14.9. The lowest BCUT2D eigenvalue weighted by atomic mass is 9.85. The topological polar surface area (TPSA) is 115 Å². The van der Waals surface area contributed by atoms with Gasteiger partial charge in [0.25, 0.3) is 0 Å². The van der Waals surface area contributed by atoms with Crippen LogP contribution in [-0.4, -0.2) is 41.2 Å². The van der Waals surface area contributed by atoms with E-state index in [1.54, 1.807) is 19.9 Å². The molecule has 0 radical (unpaired) electrons. The molecule has 0 aliphatic carbocycles. The van der Waals surface area contributed by atoms with Crippen molar-refractivity contribution in [1.82, 2.24) is 4.98 Å². The van der Waals surface area contributed by atoms with E-state index in [0.717, 1.165) is 0 Å². The summed E-state index contributed by atoms with van der Waals surface area (Å²) >= 11 is 0. The van der Waals surface area contributed by atoms with Crippen molar-refractivity contribution in [3.05, 3.63) is 23.4 Å². The van der Waals surface area contributed by atoms with E-state index in [2.05, 4.69) is 10.3 Å². The van der Waals surface area contributed by atoms with Crippen LogP contribution >= 0.6 is 0 Å². The summed E-state index contributed by atoms with van der Waals surface area (Å²) in [6.45, 7) is 3.75. The zero-order valence-corrected chi connectivity index (χ0v) is 11.3. The minimum Gasteiger partial charge on any atom is -0.481 e. The molecular weight excluding hydrogens is 262 g/mol. The van der Waals surface area contributed by atoms with Crippen molar-refractivity contribution in [3.8, 4) is 0 Å². The standard InChI is InChI=1S/C13H17N3O4/c1-7-3-8(11(14)17)4-10(15-7)16-9-5-20-6-13(9,2)12(18)19/h3-4,9H,5-6H2,1-2H3,(H2,14,17)(H,15,16)(H,18,19). The van der Waals surface area contributed by atoms with Crippen molar-refractivity contribution in [3.63, 3.8) is 0 Å². The van der Waals surface area contributed by atoms with E-state index < -0.39 is 23.3 Å². The third kappa shape index (κ3) is 2.57. The first-order valence-corrected chi connectivity index (χ1v) is 6.19. The number of carboxylic acid groups (broad SMARTS) is 1. The van der Waals surface area contributed by atoms with Crippen LogP contribution in [0.4, 0.5) is 5.82 Å². The summed E-state index contributed by atoms with van der Waals surface area (Å²) < 4.78 is 5.25. The first-order valence-electron chi connectivity index (χ1n) is 6.19. The Bertz CT molecular complexity index is 561. The molecule has 7 nitrogen and oxygen atoms in total. The van der Waals surface area contributed by atoms with Gasteiger partial charge in [0, 0.05) is 11.3 Å². The summed E-state index contributed by atoms with van der Waals surface area (Å²) in [5.74, 6) is -1.07. The number of hydrogen-bond donors (Lipinski definition) is 3. The second-order valence-electron chi connectivity index (χ2n) is 5.18. The van der Waals surface area contributed by atoms with Crippen LogP contribution in [0.1, 0.15) is 23.0 Å². The van der Waals surface area contributed by atoms with E-state index in [-0.39, 0.29) is 13.2 Å². The first kappa shape index (κ1) is 14.3. The number of carboxylic acids is 1. The molecule has 1 aromatic heterocycles. The third-order valence-electron chi connectivity index (χ3n) is 3.50. The fourth-order valence-electron chi connectivity index (χ4n) is 2.15. The number of primary amides is 1. The van der Waals surface area contributed by atoms with Crippen LogP contribution in [0, 0.1) is 12.3 Å². The number of carbonyl (C=O) groups is 2. The lowest BCUT2D eigenvalue weighted by Crippen LogP contribution is -2.43. The van der Waals surface area contributed by atoms with Crippen LogP contribution in [0.3, 0.4) is 0 Å². The molecule has 1 aliphatic heterocycles. The Labute approximate surface area is 116 Å². The molecule has 1 amide bonds. The number of hydrogen-bond acceptors (Lipinski definition) is 5. The molecule has 0 aromatic carbocycles. The van der Waals surface area contributed by atoms with Crippen LogP contribution in [-0.2, 0) is 9.53 Å². The molecule has 4 N–H and O–H groups in total. The number of rotatable bonds is 4. The van der Waals surface area contributed by atoms with Crippen LogP contribution in [0.5, 0.6) is 0 Å². The van der Waals surface area contributed by atoms with Gasteiger partial charge in [-0.3, -0.25) is 9.59 Å². The number of aliphatic carboxylic acids is 1. The third-order valence-corrected chi connectivity index (χ3v) is 3.50. The Kier molecular flexibility index (Phi) is 3.63. The van der Waals surface area contributed by atoms with Crippen molar-refractivity contribution in [2.24, 2.45) is 11.1 Å². The fraction of sp³-hybridized carbons (Fsp3) is 0.462. The van der Waals surface area contributed by atoms with Crippen molar-refractivity contribution in [1.29, 1.82) is 0 Å². The molecule has 0 spiro atoms. The number of amides is 1. The lowest BCUT2D eigenvalue weighted by molar-refractivity contribution is -0.148. The average Bonchev–Trinajstić information content (AvgIpc) is 2.71.